The van der Waals surface area contributed by atoms with Gasteiger partial charge in [-0.2, -0.15) is 0 Å². The van der Waals surface area contributed by atoms with E-state index in [0.29, 0.717) is 17.4 Å². The van der Waals surface area contributed by atoms with Crippen LogP contribution in [0.15, 0.2) is 170 Å². The molecule has 0 aromatic heterocycles. The van der Waals surface area contributed by atoms with Gasteiger partial charge in [-0.05, 0) is 135 Å². The molecule has 0 saturated carbocycles. The van der Waals surface area contributed by atoms with Crippen LogP contribution in [-0.2, 0) is 32.7 Å². The summed E-state index contributed by atoms with van der Waals surface area (Å²) in [6.45, 7) is 4.30. The van der Waals surface area contributed by atoms with E-state index in [0.717, 1.165) is 135 Å². The molecule has 102 heavy (non-hydrogen) atoms. The second-order valence-corrected chi connectivity index (χ2v) is 30.2. The summed E-state index contributed by atoms with van der Waals surface area (Å²) in [5, 5.41) is 0. The number of carbonyl (C=O) groups excluding carboxylic acids is 2. The highest BCUT2D eigenvalue weighted by atomic mass is 31.2. The molecular weight excluding hydrogens is 1280 g/mol. The number of likely N-dealkylation sites (N-methyl/N-ethyl adjacent to an activating group) is 1. The fourth-order valence-electron chi connectivity index (χ4n) is 11.4. The maximum atomic E-state index is 12.9. The fraction of sp³-hybridized carbons (Fsp3) is 0.674. The molecule has 1 N–H and O–H groups in total. The Labute approximate surface area is 629 Å². The van der Waals surface area contributed by atoms with Crippen LogP contribution in [0.3, 0.4) is 0 Å². The van der Waals surface area contributed by atoms with Gasteiger partial charge >= 0.3 is 19.8 Å². The topological polar surface area (TPSA) is 108 Å². The minimum absolute atomic E-state index is 0.0208. The van der Waals surface area contributed by atoms with Crippen molar-refractivity contribution in [3.63, 3.8) is 0 Å². The number of phosphoric ester groups is 1. The highest BCUT2D eigenvalue weighted by molar-refractivity contribution is 7.47. The van der Waals surface area contributed by atoms with Crippen LogP contribution in [0.25, 0.3) is 0 Å². The average Bonchev–Trinajstić information content (AvgIpc) is 0.914. The Morgan fingerprint density at radius 3 is 0.833 bits per heavy atom. The molecule has 0 aliphatic rings. The zero-order valence-corrected chi connectivity index (χ0v) is 67.4. The number of hydrogen-bond donors (Lipinski definition) is 1. The normalized spacial score (nSPS) is 13.9. The Kier molecular flexibility index (Phi) is 76.8. The second-order valence-electron chi connectivity index (χ2n) is 28.8. The number of nitrogens with zero attached hydrogens (tertiary/aromatic N) is 1. The zero-order chi connectivity index (χ0) is 74.0. The molecule has 0 radical (unpaired) electrons. The third-order valence-electron chi connectivity index (χ3n) is 17.7. The highest BCUT2D eigenvalue weighted by Gasteiger charge is 2.27. The van der Waals surface area contributed by atoms with Gasteiger partial charge in [-0.3, -0.25) is 18.6 Å². The molecule has 9 nitrogen and oxygen atoms in total. The molecule has 0 saturated heterocycles. The van der Waals surface area contributed by atoms with Crippen molar-refractivity contribution in [3.8, 4) is 0 Å². The molecular formula is C92H157NO8P+. The summed E-state index contributed by atoms with van der Waals surface area (Å²) in [6.07, 6.45) is 122. The molecule has 0 spiro atoms. The molecule has 0 amide bonds. The van der Waals surface area contributed by atoms with E-state index >= 15 is 0 Å². The van der Waals surface area contributed by atoms with Crippen LogP contribution in [-0.4, -0.2) is 74.9 Å². The largest absolute Gasteiger partial charge is 0.472 e. The quantitative estimate of drug-likeness (QED) is 0.0211. The zero-order valence-electron chi connectivity index (χ0n) is 66.5. The standard InChI is InChI=1S/C92H156NO8P/c1-6-8-10-12-14-16-18-20-22-24-26-28-30-32-34-36-38-40-42-44-46-48-50-52-54-56-58-60-62-64-66-68-70-72-74-76-78-80-82-84-91(94)98-88-90(89-100-102(96,97)99-87-86-93(3,4)5)101-92(95)85-83-81-79-77-75-73-71-69-67-65-63-61-59-57-55-53-51-49-47-45-43-41-39-37-35-33-31-29-27-25-23-21-19-17-15-13-11-9-7-2/h9,11,15,17-18,20-21,23-24,26-27,29-30,32-33,35,39,41,45,47,51,53,57,59,63,65,69,71,90H,6-8,10,12-14,16,19,22,25,28,31,34,36-38,40,42-44,46,48-50,52,54-56,58,60-62,64,66-68,70,72-89H2,1-5H3/p+1/b11-9-,17-15-,20-18-,23-21-,26-24-,29-27-,32-30-,35-33-,41-39-,47-45-,53-51-,59-57-,65-63-,71-69-. The van der Waals surface area contributed by atoms with Gasteiger partial charge in [0, 0.05) is 12.8 Å². The smallest absolute Gasteiger partial charge is 0.462 e. The monoisotopic (exact) mass is 1440 g/mol. The second kappa shape index (κ2) is 80.5. The van der Waals surface area contributed by atoms with Gasteiger partial charge in [0.15, 0.2) is 6.10 Å². The minimum Gasteiger partial charge on any atom is -0.462 e. The first-order valence-electron chi connectivity index (χ1n) is 41.9. The van der Waals surface area contributed by atoms with Gasteiger partial charge in [0.2, 0.25) is 0 Å². The third-order valence-corrected chi connectivity index (χ3v) is 18.7. The van der Waals surface area contributed by atoms with E-state index in [-0.39, 0.29) is 32.0 Å². The molecule has 0 bridgehead atoms. The van der Waals surface area contributed by atoms with Crippen LogP contribution in [0.1, 0.15) is 348 Å². The molecule has 0 aromatic carbocycles. The van der Waals surface area contributed by atoms with Crippen LogP contribution >= 0.6 is 7.82 Å². The summed E-state index contributed by atoms with van der Waals surface area (Å²) < 4.78 is 34.8. The lowest BCUT2D eigenvalue weighted by Crippen LogP contribution is -2.37. The summed E-state index contributed by atoms with van der Waals surface area (Å²) in [5.74, 6) is -0.818. The highest BCUT2D eigenvalue weighted by Crippen LogP contribution is 2.43. The number of allylic oxidation sites excluding steroid dienone is 28. The summed E-state index contributed by atoms with van der Waals surface area (Å²) in [5.41, 5.74) is 0. The Hall–Kier alpha value is -4.63. The Bertz CT molecular complexity index is 2340. The molecule has 0 aliphatic heterocycles. The molecule has 0 rings (SSSR count). The van der Waals surface area contributed by atoms with Crippen molar-refractivity contribution in [2.75, 3.05) is 47.5 Å². The molecule has 0 fully saturated rings. The summed E-state index contributed by atoms with van der Waals surface area (Å²) >= 11 is 0. The third kappa shape index (κ3) is 84.3. The Balaban J connectivity index is 4.03. The van der Waals surface area contributed by atoms with E-state index in [1.807, 2.05) is 21.1 Å². The molecule has 2 unspecified atom stereocenters. The first kappa shape index (κ1) is 97.4. The molecule has 0 heterocycles. The number of hydrogen-bond acceptors (Lipinski definition) is 7. The first-order chi connectivity index (χ1) is 50.0. The van der Waals surface area contributed by atoms with E-state index < -0.39 is 26.5 Å². The Morgan fingerprint density at radius 1 is 0.314 bits per heavy atom. The van der Waals surface area contributed by atoms with Gasteiger partial charge < -0.3 is 18.9 Å². The van der Waals surface area contributed by atoms with Crippen molar-refractivity contribution in [1.29, 1.82) is 0 Å². The molecule has 0 aromatic rings. The Morgan fingerprint density at radius 2 is 0.559 bits per heavy atom. The number of rotatable bonds is 76. The maximum absolute atomic E-state index is 12.9. The molecule has 582 valence electrons. The number of unbranched alkanes of at least 4 members (excludes halogenated alkanes) is 34. The average molecular weight is 1440 g/mol. The number of ether oxygens (including phenoxy) is 2. The van der Waals surface area contributed by atoms with Gasteiger partial charge in [0.25, 0.3) is 0 Å². The lowest BCUT2D eigenvalue weighted by atomic mass is 10.0. The van der Waals surface area contributed by atoms with Gasteiger partial charge in [0.1, 0.15) is 19.8 Å². The number of carbonyl (C=O) groups is 2. The molecule has 10 heteroatoms. The lowest BCUT2D eigenvalue weighted by molar-refractivity contribution is -0.870. The van der Waals surface area contributed by atoms with Gasteiger partial charge in [-0.15, -0.1) is 0 Å². The van der Waals surface area contributed by atoms with E-state index in [4.69, 9.17) is 18.5 Å². The first-order valence-corrected chi connectivity index (χ1v) is 43.4. The van der Waals surface area contributed by atoms with Gasteiger partial charge in [-0.25, -0.2) is 4.57 Å². The molecule has 2 atom stereocenters. The molecule has 0 aliphatic carbocycles. The van der Waals surface area contributed by atoms with Crippen molar-refractivity contribution < 1.29 is 42.1 Å². The van der Waals surface area contributed by atoms with E-state index in [1.54, 1.807) is 0 Å². The number of phosphoric acid groups is 1. The van der Waals surface area contributed by atoms with Crippen LogP contribution in [0.5, 0.6) is 0 Å². The van der Waals surface area contributed by atoms with Crippen LogP contribution < -0.4 is 0 Å². The van der Waals surface area contributed by atoms with Gasteiger partial charge in [-0.1, -0.05) is 370 Å². The number of quaternary nitrogens is 1. The maximum Gasteiger partial charge on any atom is 0.472 e. The van der Waals surface area contributed by atoms with Crippen molar-refractivity contribution in [2.45, 2.75) is 354 Å². The van der Waals surface area contributed by atoms with E-state index in [1.165, 1.54) is 180 Å². The lowest BCUT2D eigenvalue weighted by Gasteiger charge is -2.24. The van der Waals surface area contributed by atoms with Crippen molar-refractivity contribution in [3.05, 3.63) is 170 Å². The van der Waals surface area contributed by atoms with Crippen molar-refractivity contribution in [1.82, 2.24) is 0 Å². The minimum atomic E-state index is -4.41. The summed E-state index contributed by atoms with van der Waals surface area (Å²) in [6, 6.07) is 0. The van der Waals surface area contributed by atoms with Crippen LogP contribution in [0.4, 0.5) is 0 Å². The predicted octanol–water partition coefficient (Wildman–Crippen LogP) is 28.4. The fourth-order valence-corrected chi connectivity index (χ4v) is 12.1. The van der Waals surface area contributed by atoms with E-state index in [9.17, 15) is 19.0 Å². The van der Waals surface area contributed by atoms with Crippen molar-refractivity contribution in [2.24, 2.45) is 0 Å². The van der Waals surface area contributed by atoms with Gasteiger partial charge in [0.05, 0.1) is 27.7 Å². The van der Waals surface area contributed by atoms with Crippen LogP contribution in [0, 0.1) is 0 Å². The summed E-state index contributed by atoms with van der Waals surface area (Å²) in [4.78, 5) is 36.0. The SMILES string of the molecule is CC/C=C\C/C=C\C/C=C\C/C=C\C/C=C\C/C=C\C/C=C\C/C=C\C/C=C\C/C=C\C/C=C\CCCCCCCC(=O)OC(COC(=O)CCCCCCCCCCCCCCCCCCCCCCCCCC/C=C\C/C=C\C/C=C\CCCCCCC)COP(=O)(O)OCC[N+](C)(C)C. The van der Waals surface area contributed by atoms with E-state index in [2.05, 4.69) is 184 Å². The summed E-state index contributed by atoms with van der Waals surface area (Å²) in [7, 11) is 1.45. The van der Waals surface area contributed by atoms with Crippen molar-refractivity contribution >= 4 is 19.8 Å². The van der Waals surface area contributed by atoms with Crippen LogP contribution in [0.2, 0.25) is 0 Å². The number of esters is 2. The predicted molar refractivity (Wildman–Crippen MR) is 445 cm³/mol.